The van der Waals surface area contributed by atoms with E-state index in [4.69, 9.17) is 0 Å². The quantitative estimate of drug-likeness (QED) is 0.655. The second kappa shape index (κ2) is 8.93. The Hall–Kier alpha value is -0.0800. The van der Waals surface area contributed by atoms with Gasteiger partial charge in [0.2, 0.25) is 0 Å². The highest BCUT2D eigenvalue weighted by molar-refractivity contribution is 4.76. The van der Waals surface area contributed by atoms with Crippen molar-refractivity contribution < 1.29 is 0 Å². The maximum atomic E-state index is 3.39. The van der Waals surface area contributed by atoms with Gasteiger partial charge in [0.1, 0.15) is 0 Å². The lowest BCUT2D eigenvalue weighted by Crippen LogP contribution is -2.36. The third-order valence-corrected chi connectivity index (χ3v) is 4.15. The third-order valence-electron chi connectivity index (χ3n) is 4.15. The first-order chi connectivity index (χ1) is 8.24. The molecule has 0 aromatic carbocycles. The van der Waals surface area contributed by atoms with Crippen LogP contribution in [0, 0.1) is 5.92 Å². The molecular formula is C15H32N2. The predicted molar refractivity (Wildman–Crippen MR) is 76.4 cm³/mol. The summed E-state index contributed by atoms with van der Waals surface area (Å²) >= 11 is 0. The maximum Gasteiger partial charge on any atom is 0.00947 e. The second-order valence-electron chi connectivity index (χ2n) is 5.82. The summed E-state index contributed by atoms with van der Waals surface area (Å²) in [7, 11) is 2.33. The molecule has 102 valence electrons. The van der Waals surface area contributed by atoms with Gasteiger partial charge in [-0.05, 0) is 58.3 Å². The minimum Gasteiger partial charge on any atom is -0.317 e. The minimum absolute atomic E-state index is 0.868. The van der Waals surface area contributed by atoms with E-state index in [1.807, 2.05) is 0 Å². The van der Waals surface area contributed by atoms with Crippen LogP contribution in [0.1, 0.15) is 58.8 Å². The molecule has 2 atom stereocenters. The lowest BCUT2D eigenvalue weighted by Gasteiger charge is -2.34. The summed E-state index contributed by atoms with van der Waals surface area (Å²) in [6.45, 7) is 8.19. The highest BCUT2D eigenvalue weighted by Gasteiger charge is 2.21. The average Bonchev–Trinajstić information content (AvgIpc) is 2.33. The maximum absolute atomic E-state index is 3.39. The molecule has 1 saturated carbocycles. The van der Waals surface area contributed by atoms with Crippen LogP contribution in [0.2, 0.25) is 0 Å². The summed E-state index contributed by atoms with van der Waals surface area (Å²) in [5.74, 6) is 0.949. The normalized spacial score (nSPS) is 25.4. The van der Waals surface area contributed by atoms with E-state index in [1.165, 1.54) is 58.0 Å². The molecule has 0 spiro atoms. The Balaban J connectivity index is 2.02. The van der Waals surface area contributed by atoms with Gasteiger partial charge >= 0.3 is 0 Å². The molecule has 17 heavy (non-hydrogen) atoms. The number of rotatable bonds is 8. The van der Waals surface area contributed by atoms with Gasteiger partial charge in [-0.2, -0.15) is 0 Å². The highest BCUT2D eigenvalue weighted by Crippen LogP contribution is 2.26. The summed E-state index contributed by atoms with van der Waals surface area (Å²) in [6, 6.07) is 0.868. The molecule has 1 N–H and O–H groups in total. The smallest absolute Gasteiger partial charge is 0.00947 e. The van der Waals surface area contributed by atoms with Crippen molar-refractivity contribution in [3.63, 3.8) is 0 Å². The summed E-state index contributed by atoms with van der Waals surface area (Å²) in [4.78, 5) is 2.61. The van der Waals surface area contributed by atoms with E-state index in [0.29, 0.717) is 0 Å². The van der Waals surface area contributed by atoms with E-state index in [-0.39, 0.29) is 0 Å². The Morgan fingerprint density at radius 2 is 2.00 bits per heavy atom. The topological polar surface area (TPSA) is 15.3 Å². The zero-order valence-electron chi connectivity index (χ0n) is 12.2. The fourth-order valence-corrected chi connectivity index (χ4v) is 2.95. The van der Waals surface area contributed by atoms with Crippen molar-refractivity contribution in [2.75, 3.05) is 26.7 Å². The van der Waals surface area contributed by atoms with Crippen LogP contribution in [-0.4, -0.2) is 37.6 Å². The van der Waals surface area contributed by atoms with Crippen LogP contribution in [-0.2, 0) is 0 Å². The number of nitrogens with zero attached hydrogens (tertiary/aromatic N) is 1. The van der Waals surface area contributed by atoms with Gasteiger partial charge in [-0.3, -0.25) is 0 Å². The Kier molecular flexibility index (Phi) is 7.87. The monoisotopic (exact) mass is 240 g/mol. The lowest BCUT2D eigenvalue weighted by atomic mass is 9.86. The summed E-state index contributed by atoms with van der Waals surface area (Å²) in [5, 5.41) is 3.39. The van der Waals surface area contributed by atoms with Gasteiger partial charge < -0.3 is 10.2 Å². The standard InChI is InChI=1S/C15H32N2/c1-4-16-11-6-5-7-12-17(3)15-10-8-9-14(2)13-15/h14-16H,4-13H2,1-3H3. The first-order valence-electron chi connectivity index (χ1n) is 7.65. The van der Waals surface area contributed by atoms with E-state index in [1.54, 1.807) is 0 Å². The molecule has 1 fully saturated rings. The minimum atomic E-state index is 0.868. The van der Waals surface area contributed by atoms with E-state index in [2.05, 4.69) is 31.1 Å². The van der Waals surface area contributed by atoms with Crippen LogP contribution in [0.25, 0.3) is 0 Å². The molecule has 2 heteroatoms. The second-order valence-corrected chi connectivity index (χ2v) is 5.82. The van der Waals surface area contributed by atoms with Gasteiger partial charge in [0.05, 0.1) is 0 Å². The molecule has 0 aromatic rings. The first kappa shape index (κ1) is 15.0. The molecule has 0 amide bonds. The fourth-order valence-electron chi connectivity index (χ4n) is 2.95. The van der Waals surface area contributed by atoms with Gasteiger partial charge in [-0.25, -0.2) is 0 Å². The zero-order chi connectivity index (χ0) is 12.5. The molecule has 2 nitrogen and oxygen atoms in total. The molecule has 0 aromatic heterocycles. The van der Waals surface area contributed by atoms with Crippen molar-refractivity contribution >= 4 is 0 Å². The van der Waals surface area contributed by atoms with E-state index >= 15 is 0 Å². The summed E-state index contributed by atoms with van der Waals surface area (Å²) in [5.41, 5.74) is 0. The lowest BCUT2D eigenvalue weighted by molar-refractivity contribution is 0.161. The first-order valence-corrected chi connectivity index (χ1v) is 7.65. The van der Waals surface area contributed by atoms with Gasteiger partial charge in [0.25, 0.3) is 0 Å². The molecular weight excluding hydrogens is 208 g/mol. The third kappa shape index (κ3) is 6.42. The van der Waals surface area contributed by atoms with Gasteiger partial charge in [0, 0.05) is 6.04 Å². The molecule has 0 bridgehead atoms. The molecule has 1 aliphatic carbocycles. The highest BCUT2D eigenvalue weighted by atomic mass is 15.1. The predicted octanol–water partition coefficient (Wildman–Crippen LogP) is 3.28. The Morgan fingerprint density at radius 3 is 2.71 bits per heavy atom. The SMILES string of the molecule is CCNCCCCCN(C)C1CCCC(C)C1. The Morgan fingerprint density at radius 1 is 1.18 bits per heavy atom. The van der Waals surface area contributed by atoms with Crippen LogP contribution in [0.15, 0.2) is 0 Å². The van der Waals surface area contributed by atoms with Crippen molar-refractivity contribution in [3.05, 3.63) is 0 Å². The van der Waals surface area contributed by atoms with Crippen LogP contribution in [0.4, 0.5) is 0 Å². The van der Waals surface area contributed by atoms with Crippen molar-refractivity contribution in [1.82, 2.24) is 10.2 Å². The average molecular weight is 240 g/mol. The van der Waals surface area contributed by atoms with Gasteiger partial charge in [0.15, 0.2) is 0 Å². The van der Waals surface area contributed by atoms with Gasteiger partial charge in [-0.1, -0.05) is 33.1 Å². The van der Waals surface area contributed by atoms with Crippen molar-refractivity contribution in [2.24, 2.45) is 5.92 Å². The summed E-state index contributed by atoms with van der Waals surface area (Å²) < 4.78 is 0. The molecule has 0 saturated heterocycles. The van der Waals surface area contributed by atoms with E-state index < -0.39 is 0 Å². The Labute approximate surface area is 108 Å². The zero-order valence-corrected chi connectivity index (χ0v) is 12.2. The van der Waals surface area contributed by atoms with Crippen molar-refractivity contribution in [2.45, 2.75) is 64.8 Å². The van der Waals surface area contributed by atoms with E-state index in [0.717, 1.165) is 18.5 Å². The van der Waals surface area contributed by atoms with Crippen molar-refractivity contribution in [3.8, 4) is 0 Å². The summed E-state index contributed by atoms with van der Waals surface area (Å²) in [6.07, 6.45) is 9.82. The van der Waals surface area contributed by atoms with Crippen LogP contribution >= 0.6 is 0 Å². The molecule has 0 aliphatic heterocycles. The number of unbranched alkanes of at least 4 members (excludes halogenated alkanes) is 2. The molecule has 0 radical (unpaired) electrons. The number of hydrogen-bond donors (Lipinski definition) is 1. The Bertz CT molecular complexity index is 182. The molecule has 2 unspecified atom stereocenters. The van der Waals surface area contributed by atoms with Crippen LogP contribution in [0.5, 0.6) is 0 Å². The largest absolute Gasteiger partial charge is 0.317 e. The molecule has 1 aliphatic rings. The molecule has 0 heterocycles. The number of hydrogen-bond acceptors (Lipinski definition) is 2. The molecule has 1 rings (SSSR count). The van der Waals surface area contributed by atoms with Gasteiger partial charge in [-0.15, -0.1) is 0 Å². The fraction of sp³-hybridized carbons (Fsp3) is 1.00. The van der Waals surface area contributed by atoms with Crippen LogP contribution < -0.4 is 5.32 Å². The van der Waals surface area contributed by atoms with E-state index in [9.17, 15) is 0 Å². The van der Waals surface area contributed by atoms with Crippen molar-refractivity contribution in [1.29, 1.82) is 0 Å². The number of nitrogens with one attached hydrogen (secondary N) is 1. The van der Waals surface area contributed by atoms with Crippen LogP contribution in [0.3, 0.4) is 0 Å².